The summed E-state index contributed by atoms with van der Waals surface area (Å²) in [5.41, 5.74) is 2.88. The largest absolute Gasteiger partial charge is 0.490 e. The van der Waals surface area contributed by atoms with Gasteiger partial charge in [0, 0.05) is 17.6 Å². The fraction of sp³-hybridized carbons (Fsp3) is 0.393. The van der Waals surface area contributed by atoms with Gasteiger partial charge in [-0.3, -0.25) is 19.3 Å². The molecule has 9 heteroatoms. The normalized spacial score (nSPS) is 17.3. The lowest BCUT2D eigenvalue weighted by molar-refractivity contribution is -0.135. The Hall–Kier alpha value is -2.78. The molecule has 0 bridgehead atoms. The van der Waals surface area contributed by atoms with Gasteiger partial charge >= 0.3 is 0 Å². The highest BCUT2D eigenvalue weighted by Gasteiger charge is 2.37. The van der Waals surface area contributed by atoms with E-state index in [9.17, 15) is 14.4 Å². The molecule has 2 heterocycles. The van der Waals surface area contributed by atoms with Gasteiger partial charge in [-0.2, -0.15) is 0 Å². The van der Waals surface area contributed by atoms with Gasteiger partial charge in [0.2, 0.25) is 5.91 Å². The first-order valence-electron chi connectivity index (χ1n) is 12.5. The number of amides is 3. The van der Waals surface area contributed by atoms with Crippen LogP contribution in [0.5, 0.6) is 11.5 Å². The Kier molecular flexibility index (Phi) is 9.32. The zero-order chi connectivity index (χ0) is 26.4. The lowest BCUT2D eigenvalue weighted by Crippen LogP contribution is -2.42. The number of rotatable bonds is 8. The Balaban J connectivity index is 1.50. The molecule has 0 atom stereocenters. The van der Waals surface area contributed by atoms with Crippen LogP contribution in [0.25, 0.3) is 6.08 Å². The molecule has 0 aliphatic carbocycles. The number of ether oxygens (including phenoxy) is 2. The van der Waals surface area contributed by atoms with Gasteiger partial charge < -0.3 is 14.4 Å². The molecule has 4 rings (SSSR count). The molecule has 3 amide bonds. The summed E-state index contributed by atoms with van der Waals surface area (Å²) in [6, 6.07) is 11.7. The van der Waals surface area contributed by atoms with Crippen molar-refractivity contribution in [2.24, 2.45) is 0 Å². The van der Waals surface area contributed by atoms with Gasteiger partial charge in [-0.15, -0.1) is 0 Å². The van der Waals surface area contributed by atoms with Crippen LogP contribution in [0.15, 0.2) is 45.8 Å². The monoisotopic (exact) mass is 586 g/mol. The Bertz CT molecular complexity index is 1210. The van der Waals surface area contributed by atoms with E-state index in [1.54, 1.807) is 23.1 Å². The van der Waals surface area contributed by atoms with Gasteiger partial charge in [0.05, 0.1) is 11.5 Å². The van der Waals surface area contributed by atoms with Crippen molar-refractivity contribution in [3.63, 3.8) is 0 Å². The molecule has 2 aromatic rings. The van der Waals surface area contributed by atoms with Gasteiger partial charge in [0.15, 0.2) is 11.5 Å². The summed E-state index contributed by atoms with van der Waals surface area (Å²) in [6.07, 6.45) is 5.76. The Labute approximate surface area is 230 Å². The van der Waals surface area contributed by atoms with Crippen molar-refractivity contribution in [2.45, 2.75) is 46.1 Å². The first-order valence-corrected chi connectivity index (χ1v) is 14.1. The molecule has 0 spiro atoms. The molecule has 196 valence electrons. The molecule has 2 aromatic carbocycles. The predicted octanol–water partition coefficient (Wildman–Crippen LogP) is 6.17. The smallest absolute Gasteiger partial charge is 0.294 e. The number of aryl methyl sites for hydroxylation is 1. The van der Waals surface area contributed by atoms with E-state index in [4.69, 9.17) is 9.47 Å². The highest BCUT2D eigenvalue weighted by atomic mass is 79.9. The van der Waals surface area contributed by atoms with E-state index < -0.39 is 11.1 Å². The maximum atomic E-state index is 13.1. The van der Waals surface area contributed by atoms with Crippen LogP contribution in [0, 0.1) is 6.92 Å². The second kappa shape index (κ2) is 12.6. The van der Waals surface area contributed by atoms with Crippen molar-refractivity contribution in [3.8, 4) is 11.5 Å². The van der Waals surface area contributed by atoms with Crippen LogP contribution in [-0.2, 0) is 16.2 Å². The molecule has 0 N–H and O–H groups in total. The summed E-state index contributed by atoms with van der Waals surface area (Å²) < 4.78 is 12.6. The van der Waals surface area contributed by atoms with Gasteiger partial charge in [0.25, 0.3) is 11.1 Å². The van der Waals surface area contributed by atoms with Gasteiger partial charge in [-0.1, -0.05) is 58.6 Å². The Morgan fingerprint density at radius 2 is 1.78 bits per heavy atom. The number of carbonyl (C=O) groups excluding carboxylic acids is 3. The van der Waals surface area contributed by atoms with Crippen molar-refractivity contribution in [2.75, 3.05) is 26.2 Å². The van der Waals surface area contributed by atoms with Gasteiger partial charge in [-0.25, -0.2) is 0 Å². The third-order valence-electron chi connectivity index (χ3n) is 6.25. The fourth-order valence-corrected chi connectivity index (χ4v) is 5.60. The lowest BCUT2D eigenvalue weighted by Gasteiger charge is -2.22. The van der Waals surface area contributed by atoms with E-state index in [-0.39, 0.29) is 17.4 Å². The van der Waals surface area contributed by atoms with Crippen LogP contribution in [-0.4, -0.2) is 53.1 Å². The molecule has 37 heavy (non-hydrogen) atoms. The third kappa shape index (κ3) is 6.96. The number of thioether (sulfide) groups is 1. The second-order valence-electron chi connectivity index (χ2n) is 9.09. The molecule has 2 aliphatic heterocycles. The molecular weight excluding hydrogens is 556 g/mol. The summed E-state index contributed by atoms with van der Waals surface area (Å²) in [4.78, 5) is 41.5. The maximum absolute atomic E-state index is 13.1. The minimum absolute atomic E-state index is 0.180. The van der Waals surface area contributed by atoms with Gasteiger partial charge in [0.1, 0.15) is 13.2 Å². The highest BCUT2D eigenvalue weighted by Crippen LogP contribution is 2.38. The summed E-state index contributed by atoms with van der Waals surface area (Å²) in [7, 11) is 0. The molecule has 0 saturated carbocycles. The molecule has 2 saturated heterocycles. The topological polar surface area (TPSA) is 76.2 Å². The minimum Gasteiger partial charge on any atom is -0.490 e. The number of likely N-dealkylation sites (tertiary alicyclic amines) is 1. The fourth-order valence-electron chi connectivity index (χ4n) is 4.34. The predicted molar refractivity (Wildman–Crippen MR) is 149 cm³/mol. The first-order chi connectivity index (χ1) is 17.9. The van der Waals surface area contributed by atoms with Crippen molar-refractivity contribution in [1.82, 2.24) is 9.80 Å². The average molecular weight is 588 g/mol. The minimum atomic E-state index is -0.456. The summed E-state index contributed by atoms with van der Waals surface area (Å²) in [6.45, 7) is 5.88. The van der Waals surface area contributed by atoms with Crippen LogP contribution in [0.4, 0.5) is 4.79 Å². The number of nitrogens with zero attached hydrogens (tertiary/aromatic N) is 2. The van der Waals surface area contributed by atoms with E-state index >= 15 is 0 Å². The summed E-state index contributed by atoms with van der Waals surface area (Å²) in [5, 5.41) is -0.432. The number of benzene rings is 2. The quantitative estimate of drug-likeness (QED) is 0.344. The molecule has 2 aliphatic rings. The van der Waals surface area contributed by atoms with Crippen LogP contribution < -0.4 is 9.47 Å². The second-order valence-corrected chi connectivity index (χ2v) is 10.9. The molecule has 0 unspecified atom stereocenters. The van der Waals surface area contributed by atoms with E-state index in [0.29, 0.717) is 47.8 Å². The summed E-state index contributed by atoms with van der Waals surface area (Å²) in [5.74, 6) is 0.479. The van der Waals surface area contributed by atoms with E-state index in [1.807, 2.05) is 32.0 Å². The van der Waals surface area contributed by atoms with Crippen molar-refractivity contribution >= 4 is 50.8 Å². The van der Waals surface area contributed by atoms with Crippen LogP contribution in [0.3, 0.4) is 0 Å². The molecule has 2 fully saturated rings. The summed E-state index contributed by atoms with van der Waals surface area (Å²) >= 11 is 4.41. The number of carbonyl (C=O) groups is 3. The lowest BCUT2D eigenvalue weighted by atomic mass is 10.1. The van der Waals surface area contributed by atoms with Crippen molar-refractivity contribution < 1.29 is 23.9 Å². The highest BCUT2D eigenvalue weighted by molar-refractivity contribution is 9.10. The van der Waals surface area contributed by atoms with Crippen LogP contribution in [0.2, 0.25) is 0 Å². The number of halogens is 1. The SMILES string of the molecule is CCOc1cc(C=C2SC(=O)N(CC(=O)N3CCCCCC3)C2=O)c(Br)cc1OCc1cccc(C)c1. The Morgan fingerprint density at radius 3 is 2.49 bits per heavy atom. The molecular formula is C28H31BrN2O5S. The molecule has 7 nitrogen and oxygen atoms in total. The zero-order valence-corrected chi connectivity index (χ0v) is 23.5. The molecule has 0 aromatic heterocycles. The number of hydrogen-bond acceptors (Lipinski definition) is 6. The first kappa shape index (κ1) is 27.3. The van der Waals surface area contributed by atoms with E-state index in [0.717, 1.165) is 53.5 Å². The zero-order valence-electron chi connectivity index (χ0n) is 21.1. The van der Waals surface area contributed by atoms with E-state index in [1.165, 1.54) is 0 Å². The van der Waals surface area contributed by atoms with E-state index in [2.05, 4.69) is 22.0 Å². The number of hydrogen-bond donors (Lipinski definition) is 0. The number of imide groups is 1. The molecule has 0 radical (unpaired) electrons. The van der Waals surface area contributed by atoms with Crippen molar-refractivity contribution in [3.05, 3.63) is 62.5 Å². The average Bonchev–Trinajstić information content (AvgIpc) is 3.05. The third-order valence-corrected chi connectivity index (χ3v) is 7.85. The van der Waals surface area contributed by atoms with Crippen LogP contribution >= 0.6 is 27.7 Å². The van der Waals surface area contributed by atoms with Crippen molar-refractivity contribution in [1.29, 1.82) is 0 Å². The van der Waals surface area contributed by atoms with Gasteiger partial charge in [-0.05, 0) is 67.8 Å². The maximum Gasteiger partial charge on any atom is 0.294 e. The standard InChI is InChI=1S/C28H31BrN2O5S/c1-3-35-23-14-21(22(29)16-24(23)36-18-20-10-8-9-19(2)13-20)15-25-27(33)31(28(34)37-25)17-26(32)30-11-6-4-5-7-12-30/h8-10,13-16H,3-7,11-12,17-18H2,1-2H3. The Morgan fingerprint density at radius 1 is 1.05 bits per heavy atom. The van der Waals surface area contributed by atoms with Crippen LogP contribution in [0.1, 0.15) is 49.3 Å².